The molecular weight excluding hydrogens is 232 g/mol. The van der Waals surface area contributed by atoms with Crippen LogP contribution in [0.2, 0.25) is 0 Å². The van der Waals surface area contributed by atoms with Gasteiger partial charge in [0.25, 0.3) is 0 Å². The monoisotopic (exact) mass is 256 g/mol. The van der Waals surface area contributed by atoms with Gasteiger partial charge in [0.05, 0.1) is 4.99 Å². The molecule has 0 aromatic carbocycles. The molecule has 0 atom stereocenters. The molecule has 0 radical (unpaired) electrons. The van der Waals surface area contributed by atoms with Gasteiger partial charge in [0.2, 0.25) is 0 Å². The second kappa shape index (κ2) is 8.45. The number of carbonyl (C=O) groups is 1. The molecule has 0 spiro atoms. The maximum absolute atomic E-state index is 11.7. The van der Waals surface area contributed by atoms with Gasteiger partial charge >= 0.3 is 6.03 Å². The minimum Gasteiger partial charge on any atom is -0.338 e. The topological polar surface area (TPSA) is 32.3 Å². The summed E-state index contributed by atoms with van der Waals surface area (Å²) in [5.74, 6) is 0. The van der Waals surface area contributed by atoms with Gasteiger partial charge in [0.15, 0.2) is 0 Å². The molecule has 0 aromatic rings. The molecule has 0 aliphatic carbocycles. The molecule has 1 heterocycles. The molecule has 1 saturated heterocycles. The lowest BCUT2D eigenvalue weighted by Crippen LogP contribution is -2.40. The van der Waals surface area contributed by atoms with E-state index in [4.69, 9.17) is 12.2 Å². The van der Waals surface area contributed by atoms with E-state index in [1.165, 1.54) is 32.1 Å². The summed E-state index contributed by atoms with van der Waals surface area (Å²) in [6, 6.07) is 0.000980. The summed E-state index contributed by atoms with van der Waals surface area (Å²) in [7, 11) is 0. The molecule has 1 fully saturated rings. The number of hydrogen-bond donors (Lipinski definition) is 1. The average molecular weight is 256 g/mol. The zero-order valence-electron chi connectivity index (χ0n) is 10.8. The first-order chi connectivity index (χ1) is 8.25. The molecule has 2 amide bonds. The highest BCUT2D eigenvalue weighted by atomic mass is 32.1. The Kier molecular flexibility index (Phi) is 7.17. The summed E-state index contributed by atoms with van der Waals surface area (Å²) in [6.45, 7) is 3.80. The standard InChI is InChI=1S/C13H24N2OS/c1-2-3-4-5-6-7-10-14-13(16)15-11-8-9-12(15)17/h2-11H2,1H3,(H,14,16). The second-order valence-electron chi connectivity index (χ2n) is 4.65. The van der Waals surface area contributed by atoms with E-state index < -0.39 is 0 Å². The Labute approximate surface area is 110 Å². The van der Waals surface area contributed by atoms with Gasteiger partial charge in [0.1, 0.15) is 0 Å². The Morgan fingerprint density at radius 1 is 1.29 bits per heavy atom. The van der Waals surface area contributed by atoms with Gasteiger partial charge in [-0.15, -0.1) is 0 Å². The Hall–Kier alpha value is -0.640. The van der Waals surface area contributed by atoms with Gasteiger partial charge in [0, 0.05) is 19.5 Å². The summed E-state index contributed by atoms with van der Waals surface area (Å²) < 4.78 is 0. The van der Waals surface area contributed by atoms with E-state index in [1.54, 1.807) is 4.90 Å². The molecule has 0 bridgehead atoms. The zero-order chi connectivity index (χ0) is 12.5. The number of unbranched alkanes of at least 4 members (excludes halogenated alkanes) is 5. The third-order valence-electron chi connectivity index (χ3n) is 3.13. The van der Waals surface area contributed by atoms with Crippen LogP contribution in [0.3, 0.4) is 0 Å². The van der Waals surface area contributed by atoms with Crippen LogP contribution >= 0.6 is 12.2 Å². The Morgan fingerprint density at radius 3 is 2.65 bits per heavy atom. The van der Waals surface area contributed by atoms with Gasteiger partial charge in [-0.25, -0.2) is 4.79 Å². The van der Waals surface area contributed by atoms with Gasteiger partial charge in [-0.3, -0.25) is 4.90 Å². The summed E-state index contributed by atoms with van der Waals surface area (Å²) in [6.07, 6.45) is 9.41. The molecule has 1 N–H and O–H groups in total. The van der Waals surface area contributed by atoms with Crippen molar-refractivity contribution >= 4 is 23.2 Å². The average Bonchev–Trinajstić information content (AvgIpc) is 2.74. The van der Waals surface area contributed by atoms with Crippen LogP contribution in [0.15, 0.2) is 0 Å². The fraction of sp³-hybridized carbons (Fsp3) is 0.846. The van der Waals surface area contributed by atoms with Crippen LogP contribution < -0.4 is 5.32 Å². The second-order valence-corrected chi connectivity index (χ2v) is 5.12. The quantitative estimate of drug-likeness (QED) is 0.558. The summed E-state index contributed by atoms with van der Waals surface area (Å²) in [4.78, 5) is 14.2. The van der Waals surface area contributed by atoms with Crippen molar-refractivity contribution in [1.82, 2.24) is 10.2 Å². The number of urea groups is 1. The smallest absolute Gasteiger partial charge is 0.322 e. The largest absolute Gasteiger partial charge is 0.338 e. The molecule has 4 heteroatoms. The lowest BCUT2D eigenvalue weighted by molar-refractivity contribution is 0.223. The van der Waals surface area contributed by atoms with Crippen LogP contribution in [-0.2, 0) is 0 Å². The highest BCUT2D eigenvalue weighted by Gasteiger charge is 2.22. The Balaban J connectivity index is 1.99. The van der Waals surface area contributed by atoms with Crippen molar-refractivity contribution in [3.05, 3.63) is 0 Å². The van der Waals surface area contributed by atoms with Crippen molar-refractivity contribution in [2.24, 2.45) is 0 Å². The van der Waals surface area contributed by atoms with Crippen LogP contribution in [0.1, 0.15) is 58.3 Å². The fourth-order valence-electron chi connectivity index (χ4n) is 2.06. The number of amides is 2. The van der Waals surface area contributed by atoms with Crippen LogP contribution in [0.25, 0.3) is 0 Å². The molecule has 98 valence electrons. The van der Waals surface area contributed by atoms with E-state index >= 15 is 0 Å². The van der Waals surface area contributed by atoms with Crippen LogP contribution in [0.5, 0.6) is 0 Å². The van der Waals surface area contributed by atoms with E-state index in [0.717, 1.165) is 37.3 Å². The van der Waals surface area contributed by atoms with Crippen LogP contribution in [0, 0.1) is 0 Å². The first-order valence-corrected chi connectivity index (χ1v) is 7.24. The molecule has 1 rings (SSSR count). The van der Waals surface area contributed by atoms with Gasteiger partial charge in [-0.05, 0) is 12.8 Å². The van der Waals surface area contributed by atoms with Crippen molar-refractivity contribution < 1.29 is 4.79 Å². The Bertz CT molecular complexity index is 256. The third kappa shape index (κ3) is 5.48. The van der Waals surface area contributed by atoms with Crippen molar-refractivity contribution in [1.29, 1.82) is 0 Å². The van der Waals surface area contributed by atoms with Gasteiger partial charge < -0.3 is 5.32 Å². The number of likely N-dealkylation sites (tertiary alicyclic amines) is 1. The first kappa shape index (κ1) is 14.4. The van der Waals surface area contributed by atoms with Gasteiger partial charge in [-0.1, -0.05) is 51.2 Å². The zero-order valence-corrected chi connectivity index (χ0v) is 11.7. The number of rotatable bonds is 7. The highest BCUT2D eigenvalue weighted by molar-refractivity contribution is 7.80. The highest BCUT2D eigenvalue weighted by Crippen LogP contribution is 2.11. The SMILES string of the molecule is CCCCCCCCNC(=O)N1CCCC1=S. The molecule has 3 nitrogen and oxygen atoms in total. The summed E-state index contributed by atoms with van der Waals surface area (Å²) >= 11 is 5.13. The van der Waals surface area contributed by atoms with E-state index in [-0.39, 0.29) is 6.03 Å². The molecule has 0 aromatic heterocycles. The van der Waals surface area contributed by atoms with E-state index in [0.29, 0.717) is 0 Å². The normalized spacial score (nSPS) is 15.4. The molecule has 0 saturated carbocycles. The van der Waals surface area contributed by atoms with E-state index in [2.05, 4.69) is 12.2 Å². The lowest BCUT2D eigenvalue weighted by Gasteiger charge is -2.16. The molecule has 17 heavy (non-hydrogen) atoms. The Morgan fingerprint density at radius 2 is 2.00 bits per heavy atom. The number of nitrogens with zero attached hydrogens (tertiary/aromatic N) is 1. The van der Waals surface area contributed by atoms with Gasteiger partial charge in [-0.2, -0.15) is 0 Å². The van der Waals surface area contributed by atoms with E-state index in [9.17, 15) is 4.79 Å². The minimum atomic E-state index is 0.000980. The first-order valence-electron chi connectivity index (χ1n) is 6.84. The maximum Gasteiger partial charge on any atom is 0.322 e. The number of thiocarbonyl (C=S) groups is 1. The number of hydrogen-bond acceptors (Lipinski definition) is 2. The van der Waals surface area contributed by atoms with Crippen LogP contribution in [0.4, 0.5) is 4.79 Å². The predicted octanol–water partition coefficient (Wildman–Crippen LogP) is 3.48. The minimum absolute atomic E-state index is 0.000980. The molecular formula is C13H24N2OS. The number of nitrogens with one attached hydrogen (secondary N) is 1. The summed E-state index contributed by atoms with van der Waals surface area (Å²) in [5, 5.41) is 2.95. The molecule has 1 aliphatic heterocycles. The van der Waals surface area contributed by atoms with E-state index in [1.807, 2.05) is 0 Å². The summed E-state index contributed by atoms with van der Waals surface area (Å²) in [5.41, 5.74) is 0. The lowest BCUT2D eigenvalue weighted by atomic mass is 10.1. The number of carbonyl (C=O) groups excluding carboxylic acids is 1. The van der Waals surface area contributed by atoms with Crippen molar-refractivity contribution in [2.45, 2.75) is 58.3 Å². The molecule has 0 unspecified atom stereocenters. The fourth-order valence-corrected chi connectivity index (χ4v) is 2.38. The van der Waals surface area contributed by atoms with Crippen molar-refractivity contribution in [3.8, 4) is 0 Å². The van der Waals surface area contributed by atoms with Crippen LogP contribution in [-0.4, -0.2) is 29.0 Å². The third-order valence-corrected chi connectivity index (χ3v) is 3.55. The van der Waals surface area contributed by atoms with Crippen molar-refractivity contribution in [3.63, 3.8) is 0 Å². The maximum atomic E-state index is 11.7. The van der Waals surface area contributed by atoms with Crippen molar-refractivity contribution in [2.75, 3.05) is 13.1 Å². The predicted molar refractivity (Wildman–Crippen MR) is 75.3 cm³/mol. The molecule has 1 aliphatic rings.